The Hall–Kier alpha value is -0.790. The summed E-state index contributed by atoms with van der Waals surface area (Å²) in [6.45, 7) is 6.46. The molecule has 0 saturated carbocycles. The molecule has 0 aliphatic heterocycles. The summed E-state index contributed by atoms with van der Waals surface area (Å²) in [5, 5.41) is 0. The molecule has 0 saturated heterocycles. The molecule has 0 aromatic carbocycles. The lowest BCUT2D eigenvalue weighted by Crippen LogP contribution is -2.06. The van der Waals surface area contributed by atoms with Crippen LogP contribution < -0.4 is 5.73 Å². The molecule has 0 spiro atoms. The lowest BCUT2D eigenvalue weighted by molar-refractivity contribution is 0.828. The van der Waals surface area contributed by atoms with Gasteiger partial charge >= 0.3 is 0 Å². The number of nitrogens with two attached hydrogens (primary N) is 1. The van der Waals surface area contributed by atoms with Crippen LogP contribution in [0.5, 0.6) is 0 Å². The molecule has 0 fully saturated rings. The predicted octanol–water partition coefficient (Wildman–Crippen LogP) is 2.31. The van der Waals surface area contributed by atoms with Crippen LogP contribution in [0, 0.1) is 5.92 Å². The van der Waals surface area contributed by atoms with Crippen molar-refractivity contribution in [2.45, 2.75) is 33.6 Å². The van der Waals surface area contributed by atoms with Crippen LogP contribution in [0.25, 0.3) is 0 Å². The molecule has 64 valence electrons. The Morgan fingerprint density at radius 2 is 2.18 bits per heavy atom. The van der Waals surface area contributed by atoms with Crippen LogP contribution in [0.3, 0.4) is 0 Å². The number of hydrogen-bond acceptors (Lipinski definition) is 2. The third-order valence-electron chi connectivity index (χ3n) is 1.50. The topological polar surface area (TPSA) is 38.4 Å². The Labute approximate surface area is 69.2 Å². The molecule has 0 amide bonds. The van der Waals surface area contributed by atoms with Crippen molar-refractivity contribution >= 4 is 5.71 Å². The Balaban J connectivity index is 4.08. The van der Waals surface area contributed by atoms with Gasteiger partial charge in [-0.2, -0.15) is 0 Å². The van der Waals surface area contributed by atoms with Gasteiger partial charge in [-0.1, -0.05) is 27.2 Å². The van der Waals surface area contributed by atoms with E-state index in [1.165, 1.54) is 11.9 Å². The molecule has 2 heteroatoms. The maximum Gasteiger partial charge on any atom is 0.0422 e. The fourth-order valence-corrected chi connectivity index (χ4v) is 0.897. The zero-order chi connectivity index (χ0) is 8.69. The molecule has 0 aliphatic carbocycles. The van der Waals surface area contributed by atoms with Crippen LogP contribution in [0.2, 0.25) is 0 Å². The van der Waals surface area contributed by atoms with Crippen LogP contribution in [-0.4, -0.2) is 5.71 Å². The fraction of sp³-hybridized carbons (Fsp3) is 0.667. The van der Waals surface area contributed by atoms with Crippen molar-refractivity contribution in [3.63, 3.8) is 0 Å². The number of aliphatic imine (C=N–C) groups is 1. The molecule has 0 aromatic heterocycles. The van der Waals surface area contributed by atoms with Crippen molar-refractivity contribution in [1.29, 1.82) is 0 Å². The number of hydrogen-bond donors (Lipinski definition) is 1. The van der Waals surface area contributed by atoms with Gasteiger partial charge in [0.05, 0.1) is 0 Å². The SMILES string of the molecule is CCCC(=N/C=C\N)C(C)C. The molecule has 2 N–H and O–H groups in total. The van der Waals surface area contributed by atoms with E-state index >= 15 is 0 Å². The summed E-state index contributed by atoms with van der Waals surface area (Å²) in [4.78, 5) is 4.24. The van der Waals surface area contributed by atoms with Gasteiger partial charge in [0.15, 0.2) is 0 Å². The van der Waals surface area contributed by atoms with Crippen molar-refractivity contribution < 1.29 is 0 Å². The highest BCUT2D eigenvalue weighted by Crippen LogP contribution is 2.04. The number of nitrogens with zero attached hydrogens (tertiary/aromatic N) is 1. The Morgan fingerprint density at radius 3 is 2.55 bits per heavy atom. The van der Waals surface area contributed by atoms with Gasteiger partial charge < -0.3 is 5.73 Å². The largest absolute Gasteiger partial charge is 0.403 e. The minimum Gasteiger partial charge on any atom is -0.403 e. The summed E-state index contributed by atoms with van der Waals surface area (Å²) in [6, 6.07) is 0. The van der Waals surface area contributed by atoms with E-state index in [-0.39, 0.29) is 0 Å². The Bertz CT molecular complexity index is 146. The van der Waals surface area contributed by atoms with E-state index in [2.05, 4.69) is 25.8 Å². The minimum absolute atomic E-state index is 0.533. The maximum absolute atomic E-state index is 5.19. The molecular formula is C9H18N2. The standard InChI is InChI=1S/C9H18N2/c1-4-5-9(8(2)3)11-7-6-10/h6-8H,4-5,10H2,1-3H3/b7-6-,11-9?. The molecule has 0 heterocycles. The van der Waals surface area contributed by atoms with Crippen LogP contribution in [0.1, 0.15) is 33.6 Å². The van der Waals surface area contributed by atoms with Crippen LogP contribution >= 0.6 is 0 Å². The number of rotatable bonds is 4. The quantitative estimate of drug-likeness (QED) is 0.620. The Kier molecular flexibility index (Phi) is 5.53. The lowest BCUT2D eigenvalue weighted by Gasteiger charge is -2.06. The van der Waals surface area contributed by atoms with E-state index in [9.17, 15) is 0 Å². The summed E-state index contributed by atoms with van der Waals surface area (Å²) in [5.74, 6) is 0.533. The second-order valence-corrected chi connectivity index (χ2v) is 2.87. The first-order chi connectivity index (χ1) is 5.22. The van der Waals surface area contributed by atoms with E-state index in [1.54, 1.807) is 6.20 Å². The van der Waals surface area contributed by atoms with E-state index < -0.39 is 0 Å². The highest BCUT2D eigenvalue weighted by molar-refractivity contribution is 5.86. The second-order valence-electron chi connectivity index (χ2n) is 2.87. The summed E-state index contributed by atoms with van der Waals surface area (Å²) in [6.07, 6.45) is 5.35. The average molecular weight is 154 g/mol. The highest BCUT2D eigenvalue weighted by atomic mass is 14.7. The summed E-state index contributed by atoms with van der Waals surface area (Å²) >= 11 is 0. The molecule has 0 unspecified atom stereocenters. The molecule has 0 rings (SSSR count). The smallest absolute Gasteiger partial charge is 0.0422 e. The average Bonchev–Trinajstić information content (AvgIpc) is 1.97. The van der Waals surface area contributed by atoms with Gasteiger partial charge in [0.1, 0.15) is 0 Å². The van der Waals surface area contributed by atoms with Gasteiger partial charge in [0.2, 0.25) is 0 Å². The summed E-state index contributed by atoms with van der Waals surface area (Å²) in [7, 11) is 0. The molecule has 0 bridgehead atoms. The van der Waals surface area contributed by atoms with E-state index in [0.717, 1.165) is 12.8 Å². The lowest BCUT2D eigenvalue weighted by atomic mass is 10.0. The second kappa shape index (κ2) is 5.96. The monoisotopic (exact) mass is 154 g/mol. The molecule has 0 aromatic rings. The molecule has 11 heavy (non-hydrogen) atoms. The van der Waals surface area contributed by atoms with Crippen molar-refractivity contribution in [2.24, 2.45) is 16.6 Å². The summed E-state index contributed by atoms with van der Waals surface area (Å²) < 4.78 is 0. The van der Waals surface area contributed by atoms with Gasteiger partial charge in [0.25, 0.3) is 0 Å². The molecule has 0 aliphatic rings. The van der Waals surface area contributed by atoms with Crippen LogP contribution in [-0.2, 0) is 0 Å². The highest BCUT2D eigenvalue weighted by Gasteiger charge is 2.01. The van der Waals surface area contributed by atoms with E-state index in [1.807, 2.05) is 0 Å². The third kappa shape index (κ3) is 4.59. The normalized spacial score (nSPS) is 13.3. The van der Waals surface area contributed by atoms with E-state index in [0.29, 0.717) is 5.92 Å². The maximum atomic E-state index is 5.19. The van der Waals surface area contributed by atoms with Crippen molar-refractivity contribution in [3.8, 4) is 0 Å². The fourth-order valence-electron chi connectivity index (χ4n) is 0.897. The first-order valence-electron chi connectivity index (χ1n) is 4.15. The van der Waals surface area contributed by atoms with Crippen molar-refractivity contribution in [3.05, 3.63) is 12.4 Å². The molecular weight excluding hydrogens is 136 g/mol. The third-order valence-corrected chi connectivity index (χ3v) is 1.50. The van der Waals surface area contributed by atoms with Gasteiger partial charge in [-0.05, 0) is 12.3 Å². The molecule has 0 atom stereocenters. The van der Waals surface area contributed by atoms with Gasteiger partial charge in [-0.3, -0.25) is 4.99 Å². The molecule has 0 radical (unpaired) electrons. The zero-order valence-electron chi connectivity index (χ0n) is 7.67. The summed E-state index contributed by atoms with van der Waals surface area (Å²) in [5.41, 5.74) is 6.42. The molecule has 2 nitrogen and oxygen atoms in total. The first-order valence-corrected chi connectivity index (χ1v) is 4.15. The van der Waals surface area contributed by atoms with Crippen LogP contribution in [0.4, 0.5) is 0 Å². The van der Waals surface area contributed by atoms with E-state index in [4.69, 9.17) is 5.73 Å². The van der Waals surface area contributed by atoms with Gasteiger partial charge in [0, 0.05) is 18.1 Å². The zero-order valence-corrected chi connectivity index (χ0v) is 7.67. The van der Waals surface area contributed by atoms with Crippen LogP contribution in [0.15, 0.2) is 17.4 Å². The predicted molar refractivity (Wildman–Crippen MR) is 50.5 cm³/mol. The Morgan fingerprint density at radius 1 is 1.55 bits per heavy atom. The minimum atomic E-state index is 0.533. The van der Waals surface area contributed by atoms with Gasteiger partial charge in [-0.15, -0.1) is 0 Å². The first kappa shape index (κ1) is 10.2. The van der Waals surface area contributed by atoms with Crippen molar-refractivity contribution in [2.75, 3.05) is 0 Å². The van der Waals surface area contributed by atoms with Gasteiger partial charge in [-0.25, -0.2) is 0 Å². The van der Waals surface area contributed by atoms with Crippen molar-refractivity contribution in [1.82, 2.24) is 0 Å².